The second-order valence-electron chi connectivity index (χ2n) is 5.66. The van der Waals surface area contributed by atoms with Crippen LogP contribution >= 0.6 is 0 Å². The molecule has 0 saturated carbocycles. The topological polar surface area (TPSA) is 115 Å². The molecule has 0 fully saturated rings. The molecule has 0 bridgehead atoms. The zero-order valence-electron chi connectivity index (χ0n) is 13.1. The van der Waals surface area contributed by atoms with Gasteiger partial charge in [-0.15, -0.1) is 3.89 Å². The molecule has 0 aliphatic rings. The van der Waals surface area contributed by atoms with Gasteiger partial charge in [-0.3, -0.25) is 4.55 Å². The van der Waals surface area contributed by atoms with E-state index in [0.29, 0.717) is 6.42 Å². The second kappa shape index (κ2) is 7.25. The second-order valence-corrected chi connectivity index (χ2v) is 8.95. The van der Waals surface area contributed by atoms with Gasteiger partial charge in [0.1, 0.15) is 0 Å². The summed E-state index contributed by atoms with van der Waals surface area (Å²) in [5, 5.41) is -1.34. The van der Waals surface area contributed by atoms with Crippen LogP contribution in [0.4, 0.5) is 3.89 Å². The summed E-state index contributed by atoms with van der Waals surface area (Å²) in [5.41, 5.74) is 6.86. The van der Waals surface area contributed by atoms with Crippen LogP contribution < -0.4 is 5.73 Å². The number of rotatable bonds is 8. The van der Waals surface area contributed by atoms with Crippen LogP contribution in [0.3, 0.4) is 0 Å². The van der Waals surface area contributed by atoms with Crippen molar-refractivity contribution < 1.29 is 25.3 Å². The first-order valence-corrected chi connectivity index (χ1v) is 10.1. The lowest BCUT2D eigenvalue weighted by molar-refractivity contribution is 0.402. The van der Waals surface area contributed by atoms with Gasteiger partial charge >= 0.3 is 10.2 Å². The van der Waals surface area contributed by atoms with Gasteiger partial charge in [0.05, 0.1) is 5.25 Å². The average Bonchev–Trinajstić information content (AvgIpc) is 2.41. The van der Waals surface area contributed by atoms with Gasteiger partial charge in [-0.1, -0.05) is 43.2 Å². The lowest BCUT2D eigenvalue weighted by atomic mass is 9.99. The largest absolute Gasteiger partial charge is 0.307 e. The molecule has 0 aromatic heterocycles. The third-order valence-corrected chi connectivity index (χ3v) is 6.48. The Kier molecular flexibility index (Phi) is 6.31. The van der Waals surface area contributed by atoms with E-state index in [1.54, 1.807) is 26.0 Å². The van der Waals surface area contributed by atoms with Gasteiger partial charge in [0, 0.05) is 0 Å². The molecule has 0 radical (unpaired) electrons. The number of nitrogens with two attached hydrogens (primary N) is 1. The minimum absolute atomic E-state index is 0.0499. The van der Waals surface area contributed by atoms with Crippen molar-refractivity contribution in [1.29, 1.82) is 0 Å². The van der Waals surface area contributed by atoms with E-state index in [9.17, 15) is 25.3 Å². The first-order valence-electron chi connectivity index (χ1n) is 7.18. The van der Waals surface area contributed by atoms with E-state index < -0.39 is 36.9 Å². The third-order valence-electron chi connectivity index (χ3n) is 3.85. The van der Waals surface area contributed by atoms with Gasteiger partial charge in [0.2, 0.25) is 0 Å². The predicted molar refractivity (Wildman–Crippen MR) is 86.6 cm³/mol. The Bertz CT molecular complexity index is 731. The first kappa shape index (κ1) is 20.0. The van der Waals surface area contributed by atoms with Crippen LogP contribution in [0.2, 0.25) is 0 Å². The first-order chi connectivity index (χ1) is 10.4. The molecule has 0 saturated heterocycles. The molecule has 1 aromatic carbocycles. The van der Waals surface area contributed by atoms with Crippen LogP contribution in [-0.4, -0.2) is 26.6 Å². The Labute approximate surface area is 136 Å². The van der Waals surface area contributed by atoms with Crippen molar-refractivity contribution in [2.75, 3.05) is 0 Å². The molecule has 0 amide bonds. The van der Waals surface area contributed by atoms with Gasteiger partial charge in [0.25, 0.3) is 10.1 Å². The summed E-state index contributed by atoms with van der Waals surface area (Å²) in [7, 11) is -9.54. The van der Waals surface area contributed by atoms with Gasteiger partial charge < -0.3 is 5.73 Å². The molecule has 1 aromatic rings. The van der Waals surface area contributed by atoms with Crippen LogP contribution in [0.15, 0.2) is 24.3 Å². The number of benzene rings is 1. The molecule has 9 heteroatoms. The number of hydrogen-bond acceptors (Lipinski definition) is 5. The van der Waals surface area contributed by atoms with E-state index in [2.05, 4.69) is 0 Å². The van der Waals surface area contributed by atoms with Gasteiger partial charge in [-0.2, -0.15) is 16.8 Å². The monoisotopic (exact) mass is 367 g/mol. The highest BCUT2D eigenvalue weighted by Crippen LogP contribution is 2.32. The number of hydrogen-bond donors (Lipinski definition) is 2. The van der Waals surface area contributed by atoms with Crippen LogP contribution in [0, 0.1) is 6.92 Å². The van der Waals surface area contributed by atoms with Gasteiger partial charge in [0.15, 0.2) is 4.87 Å². The molecular formula is C14H22FNO5S2. The summed E-state index contributed by atoms with van der Waals surface area (Å²) in [6.45, 7) is 3.49. The van der Waals surface area contributed by atoms with Crippen molar-refractivity contribution in [3.05, 3.63) is 35.4 Å². The molecule has 0 spiro atoms. The normalized spacial score (nSPS) is 16.7. The van der Waals surface area contributed by atoms with Crippen molar-refractivity contribution in [1.82, 2.24) is 0 Å². The standard InChI is InChI=1S/C14H22FNO5S2/c1-3-4-13(22(15,17)18)9-10-14(16,23(19,20)21)12-7-5-11(2)6-8-12/h5-8,13H,3-4,9-10,16H2,1-2H3,(H,19,20,21). The number of aryl methyl sites for hydroxylation is 1. The highest BCUT2D eigenvalue weighted by atomic mass is 32.3. The number of halogens is 1. The lowest BCUT2D eigenvalue weighted by Crippen LogP contribution is -2.45. The summed E-state index contributed by atoms with van der Waals surface area (Å²) in [4.78, 5) is -2.18. The Morgan fingerprint density at radius 1 is 1.17 bits per heavy atom. The average molecular weight is 367 g/mol. The molecular weight excluding hydrogens is 345 g/mol. The fourth-order valence-corrected chi connectivity index (χ4v) is 4.11. The Morgan fingerprint density at radius 3 is 2.09 bits per heavy atom. The zero-order valence-corrected chi connectivity index (χ0v) is 14.7. The molecule has 23 heavy (non-hydrogen) atoms. The summed E-state index contributed by atoms with van der Waals surface area (Å²) in [5.74, 6) is 0. The van der Waals surface area contributed by atoms with Crippen molar-refractivity contribution in [2.45, 2.75) is 49.7 Å². The fraction of sp³-hybridized carbons (Fsp3) is 0.571. The van der Waals surface area contributed by atoms with E-state index >= 15 is 0 Å². The van der Waals surface area contributed by atoms with Crippen molar-refractivity contribution in [3.8, 4) is 0 Å². The molecule has 132 valence electrons. The maximum atomic E-state index is 13.3. The molecule has 0 aliphatic carbocycles. The maximum Gasteiger partial charge on any atom is 0.305 e. The van der Waals surface area contributed by atoms with E-state index in [1.165, 1.54) is 12.1 Å². The van der Waals surface area contributed by atoms with Gasteiger partial charge in [-0.05, 0) is 31.7 Å². The highest BCUT2D eigenvalue weighted by molar-refractivity contribution is 7.87. The molecule has 3 N–H and O–H groups in total. The van der Waals surface area contributed by atoms with Crippen LogP contribution in [0.1, 0.15) is 43.7 Å². The predicted octanol–water partition coefficient (Wildman–Crippen LogP) is 2.24. The zero-order chi connectivity index (χ0) is 17.9. The SMILES string of the molecule is CCCC(CCC(N)(c1ccc(C)cc1)S(=O)(=O)O)S(=O)(=O)F. The lowest BCUT2D eigenvalue weighted by Gasteiger charge is -2.28. The summed E-state index contributed by atoms with van der Waals surface area (Å²) in [6, 6.07) is 6.14. The summed E-state index contributed by atoms with van der Waals surface area (Å²) in [6.07, 6.45) is -0.254. The van der Waals surface area contributed by atoms with Crippen molar-refractivity contribution in [3.63, 3.8) is 0 Å². The Balaban J connectivity index is 3.16. The third kappa shape index (κ3) is 4.97. The highest BCUT2D eigenvalue weighted by Gasteiger charge is 2.42. The minimum atomic E-state index is -4.82. The fourth-order valence-electron chi connectivity index (χ4n) is 2.38. The van der Waals surface area contributed by atoms with E-state index in [-0.39, 0.29) is 18.4 Å². The molecule has 2 unspecified atom stereocenters. The van der Waals surface area contributed by atoms with Crippen LogP contribution in [-0.2, 0) is 25.2 Å². The maximum absolute atomic E-state index is 13.3. The van der Waals surface area contributed by atoms with E-state index in [0.717, 1.165) is 5.56 Å². The molecule has 0 heterocycles. The van der Waals surface area contributed by atoms with Crippen molar-refractivity contribution in [2.24, 2.45) is 5.73 Å². The van der Waals surface area contributed by atoms with Crippen molar-refractivity contribution >= 4 is 20.3 Å². The Hall–Kier alpha value is -1.03. The Morgan fingerprint density at radius 2 is 1.70 bits per heavy atom. The quantitative estimate of drug-likeness (QED) is 0.538. The molecule has 0 aliphatic heterocycles. The molecule has 1 rings (SSSR count). The van der Waals surface area contributed by atoms with Crippen LogP contribution in [0.25, 0.3) is 0 Å². The van der Waals surface area contributed by atoms with E-state index in [1.807, 2.05) is 0 Å². The van der Waals surface area contributed by atoms with Gasteiger partial charge in [-0.25, -0.2) is 0 Å². The smallest absolute Gasteiger partial charge is 0.305 e. The van der Waals surface area contributed by atoms with Crippen LogP contribution in [0.5, 0.6) is 0 Å². The molecule has 2 atom stereocenters. The summed E-state index contributed by atoms with van der Waals surface area (Å²) >= 11 is 0. The molecule has 6 nitrogen and oxygen atoms in total. The van der Waals surface area contributed by atoms with E-state index in [4.69, 9.17) is 5.73 Å². The minimum Gasteiger partial charge on any atom is -0.307 e. The summed E-state index contributed by atoms with van der Waals surface area (Å²) < 4.78 is 68.6.